The summed E-state index contributed by atoms with van der Waals surface area (Å²) in [7, 11) is 0. The molecule has 1 aliphatic carbocycles. The third-order valence-electron chi connectivity index (χ3n) is 2.39. The van der Waals surface area contributed by atoms with Gasteiger partial charge >= 0.3 is 0 Å². The van der Waals surface area contributed by atoms with Crippen molar-refractivity contribution in [1.29, 1.82) is 0 Å². The molecule has 1 aliphatic rings. The van der Waals surface area contributed by atoms with E-state index in [0.717, 1.165) is 12.8 Å². The Kier molecular flexibility index (Phi) is 3.53. The number of rotatable bonds is 3. The second-order valence-corrected chi connectivity index (χ2v) is 3.41. The molecule has 0 heterocycles. The van der Waals surface area contributed by atoms with Gasteiger partial charge in [-0.15, -0.1) is 0 Å². The molecule has 1 rings (SSSR count). The van der Waals surface area contributed by atoms with Crippen molar-refractivity contribution in [2.45, 2.75) is 51.2 Å². The van der Waals surface area contributed by atoms with Crippen LogP contribution in [0, 0.1) is 0 Å². The fraction of sp³-hybridized carbons (Fsp3) is 0.889. The van der Waals surface area contributed by atoms with Crippen LogP contribution in [-0.2, 0) is 4.79 Å². The zero-order chi connectivity index (χ0) is 8.97. The summed E-state index contributed by atoms with van der Waals surface area (Å²) >= 11 is 0. The van der Waals surface area contributed by atoms with E-state index in [2.05, 4.69) is 5.32 Å². The summed E-state index contributed by atoms with van der Waals surface area (Å²) in [5.74, 6) is -0.204. The maximum Gasteiger partial charge on any atom is 0.249 e. The lowest BCUT2D eigenvalue weighted by Crippen LogP contribution is -2.39. The SMILES string of the molecule is CCC(O)C(=O)NC1CCCC1. The lowest BCUT2D eigenvalue weighted by atomic mass is 10.2. The predicted octanol–water partition coefficient (Wildman–Crippen LogP) is 0.816. The second kappa shape index (κ2) is 4.45. The average Bonchev–Trinajstić information content (AvgIpc) is 2.55. The van der Waals surface area contributed by atoms with Crippen LogP contribution in [0.25, 0.3) is 0 Å². The van der Waals surface area contributed by atoms with Crippen molar-refractivity contribution in [3.63, 3.8) is 0 Å². The Morgan fingerprint density at radius 3 is 2.67 bits per heavy atom. The highest BCUT2D eigenvalue weighted by molar-refractivity contribution is 5.80. The summed E-state index contributed by atoms with van der Waals surface area (Å²) in [6.45, 7) is 1.80. The smallest absolute Gasteiger partial charge is 0.249 e. The number of carbonyl (C=O) groups is 1. The largest absolute Gasteiger partial charge is 0.383 e. The lowest BCUT2D eigenvalue weighted by molar-refractivity contribution is -0.130. The topological polar surface area (TPSA) is 49.3 Å². The highest BCUT2D eigenvalue weighted by Crippen LogP contribution is 2.17. The monoisotopic (exact) mass is 171 g/mol. The molecule has 0 aromatic carbocycles. The number of hydrogen-bond donors (Lipinski definition) is 2. The average molecular weight is 171 g/mol. The molecule has 1 atom stereocenters. The third-order valence-corrected chi connectivity index (χ3v) is 2.39. The summed E-state index contributed by atoms with van der Waals surface area (Å²) in [6.07, 6.45) is 4.23. The van der Waals surface area contributed by atoms with Gasteiger partial charge in [0, 0.05) is 6.04 Å². The van der Waals surface area contributed by atoms with E-state index in [-0.39, 0.29) is 5.91 Å². The second-order valence-electron chi connectivity index (χ2n) is 3.41. The van der Waals surface area contributed by atoms with E-state index in [1.54, 1.807) is 6.92 Å². The predicted molar refractivity (Wildman–Crippen MR) is 46.7 cm³/mol. The molecule has 3 nitrogen and oxygen atoms in total. The van der Waals surface area contributed by atoms with Crippen LogP contribution in [0.4, 0.5) is 0 Å². The number of nitrogens with one attached hydrogen (secondary N) is 1. The standard InChI is InChI=1S/C9H17NO2/c1-2-8(11)9(12)10-7-5-3-4-6-7/h7-8,11H,2-6H2,1H3,(H,10,12). The van der Waals surface area contributed by atoms with Crippen LogP contribution in [0.15, 0.2) is 0 Å². The first-order valence-electron chi connectivity index (χ1n) is 4.72. The first-order chi connectivity index (χ1) is 5.74. The van der Waals surface area contributed by atoms with Gasteiger partial charge in [-0.1, -0.05) is 19.8 Å². The van der Waals surface area contributed by atoms with Crippen LogP contribution in [0.1, 0.15) is 39.0 Å². The summed E-state index contributed by atoms with van der Waals surface area (Å²) < 4.78 is 0. The first kappa shape index (κ1) is 9.52. The maximum absolute atomic E-state index is 11.2. The molecule has 1 fully saturated rings. The molecule has 1 unspecified atom stereocenters. The van der Waals surface area contributed by atoms with Crippen molar-refractivity contribution in [3.05, 3.63) is 0 Å². The van der Waals surface area contributed by atoms with E-state index >= 15 is 0 Å². The van der Waals surface area contributed by atoms with E-state index in [1.165, 1.54) is 12.8 Å². The highest BCUT2D eigenvalue weighted by Gasteiger charge is 2.20. The van der Waals surface area contributed by atoms with Gasteiger partial charge in [-0.2, -0.15) is 0 Å². The van der Waals surface area contributed by atoms with Gasteiger partial charge in [0.05, 0.1) is 0 Å². The first-order valence-corrected chi connectivity index (χ1v) is 4.72. The molecule has 0 radical (unpaired) electrons. The molecular formula is C9H17NO2. The van der Waals surface area contributed by atoms with Gasteiger partial charge in [0.2, 0.25) is 5.91 Å². The quantitative estimate of drug-likeness (QED) is 0.660. The van der Waals surface area contributed by atoms with Crippen molar-refractivity contribution in [1.82, 2.24) is 5.32 Å². The number of amides is 1. The van der Waals surface area contributed by atoms with Crippen LogP contribution in [0.3, 0.4) is 0 Å². The summed E-state index contributed by atoms with van der Waals surface area (Å²) in [5.41, 5.74) is 0. The van der Waals surface area contributed by atoms with Gasteiger partial charge in [0.15, 0.2) is 0 Å². The lowest BCUT2D eigenvalue weighted by Gasteiger charge is -2.14. The van der Waals surface area contributed by atoms with Gasteiger partial charge in [-0.25, -0.2) is 0 Å². The minimum absolute atomic E-state index is 0.204. The Bertz CT molecular complexity index is 153. The van der Waals surface area contributed by atoms with Crippen molar-refractivity contribution in [2.24, 2.45) is 0 Å². The Labute approximate surface area is 73.2 Å². The molecule has 1 saturated carbocycles. The summed E-state index contributed by atoms with van der Waals surface area (Å²) in [4.78, 5) is 11.2. The number of aliphatic hydroxyl groups is 1. The molecule has 12 heavy (non-hydrogen) atoms. The Morgan fingerprint density at radius 2 is 2.17 bits per heavy atom. The molecule has 1 amide bonds. The van der Waals surface area contributed by atoms with Crippen molar-refractivity contribution in [3.8, 4) is 0 Å². The molecular weight excluding hydrogens is 154 g/mol. The van der Waals surface area contributed by atoms with Crippen molar-refractivity contribution < 1.29 is 9.90 Å². The number of carbonyl (C=O) groups excluding carboxylic acids is 1. The highest BCUT2D eigenvalue weighted by atomic mass is 16.3. The third kappa shape index (κ3) is 2.48. The molecule has 2 N–H and O–H groups in total. The zero-order valence-corrected chi connectivity index (χ0v) is 7.55. The fourth-order valence-corrected chi connectivity index (χ4v) is 1.55. The van der Waals surface area contributed by atoms with Crippen LogP contribution in [0.5, 0.6) is 0 Å². The summed E-state index contributed by atoms with van der Waals surface area (Å²) in [6, 6.07) is 0.318. The zero-order valence-electron chi connectivity index (χ0n) is 7.55. The molecule has 0 bridgehead atoms. The molecule has 0 spiro atoms. The van der Waals surface area contributed by atoms with Crippen LogP contribution < -0.4 is 5.32 Å². The normalized spacial score (nSPS) is 20.8. The van der Waals surface area contributed by atoms with E-state index < -0.39 is 6.10 Å². The van der Waals surface area contributed by atoms with Gasteiger partial charge in [-0.05, 0) is 19.3 Å². The van der Waals surface area contributed by atoms with Crippen molar-refractivity contribution >= 4 is 5.91 Å². The van der Waals surface area contributed by atoms with E-state index in [4.69, 9.17) is 0 Å². The molecule has 0 aromatic rings. The van der Waals surface area contributed by atoms with Crippen molar-refractivity contribution in [2.75, 3.05) is 0 Å². The molecule has 0 aliphatic heterocycles. The summed E-state index contributed by atoms with van der Waals surface area (Å²) in [5, 5.41) is 12.0. The fourth-order valence-electron chi connectivity index (χ4n) is 1.55. The van der Waals surface area contributed by atoms with E-state index in [9.17, 15) is 9.90 Å². The van der Waals surface area contributed by atoms with Gasteiger partial charge in [0.1, 0.15) is 6.10 Å². The molecule has 0 aromatic heterocycles. The van der Waals surface area contributed by atoms with Crippen LogP contribution in [0.2, 0.25) is 0 Å². The number of aliphatic hydroxyl groups excluding tert-OH is 1. The minimum atomic E-state index is -0.814. The Morgan fingerprint density at radius 1 is 1.58 bits per heavy atom. The molecule has 70 valence electrons. The van der Waals surface area contributed by atoms with Crippen LogP contribution in [-0.4, -0.2) is 23.2 Å². The molecule has 0 saturated heterocycles. The molecule has 3 heteroatoms. The maximum atomic E-state index is 11.2. The number of hydrogen-bond acceptors (Lipinski definition) is 2. The Hall–Kier alpha value is -0.570. The van der Waals surface area contributed by atoms with Gasteiger partial charge in [-0.3, -0.25) is 4.79 Å². The van der Waals surface area contributed by atoms with Crippen LogP contribution >= 0.6 is 0 Å². The van der Waals surface area contributed by atoms with Gasteiger partial charge in [0.25, 0.3) is 0 Å². The Balaban J connectivity index is 2.25. The van der Waals surface area contributed by atoms with E-state index in [1.807, 2.05) is 0 Å². The van der Waals surface area contributed by atoms with E-state index in [0.29, 0.717) is 12.5 Å². The van der Waals surface area contributed by atoms with Gasteiger partial charge < -0.3 is 10.4 Å². The minimum Gasteiger partial charge on any atom is -0.383 e.